The quantitative estimate of drug-likeness (QED) is 0.665. The highest BCUT2D eigenvalue weighted by Crippen LogP contribution is 2.33. The van der Waals surface area contributed by atoms with E-state index in [1.165, 1.54) is 0 Å². The second-order valence-corrected chi connectivity index (χ2v) is 3.32. The minimum atomic E-state index is -4.56. The van der Waals surface area contributed by atoms with Crippen molar-refractivity contribution in [1.82, 2.24) is 0 Å². The lowest BCUT2D eigenvalue weighted by Gasteiger charge is -2.35. The summed E-state index contributed by atoms with van der Waals surface area (Å²) in [6.07, 6.45) is -7.46. The minimum Gasteiger partial charge on any atom is -0.480 e. The Morgan fingerprint density at radius 1 is 1.57 bits per heavy atom. The van der Waals surface area contributed by atoms with Gasteiger partial charge < -0.3 is 15.6 Å². The third-order valence-corrected chi connectivity index (χ3v) is 2.21. The summed E-state index contributed by atoms with van der Waals surface area (Å²) in [7, 11) is 0. The van der Waals surface area contributed by atoms with Crippen molar-refractivity contribution in [3.05, 3.63) is 0 Å². The van der Waals surface area contributed by atoms with E-state index in [1.54, 1.807) is 0 Å². The maximum absolute atomic E-state index is 12.2. The van der Waals surface area contributed by atoms with Crippen molar-refractivity contribution in [2.24, 2.45) is 5.73 Å². The molecule has 2 unspecified atom stereocenters. The van der Waals surface area contributed by atoms with Gasteiger partial charge in [-0.2, -0.15) is 13.2 Å². The molecule has 1 rings (SSSR count). The van der Waals surface area contributed by atoms with Gasteiger partial charge in [-0.1, -0.05) is 0 Å². The first-order valence-corrected chi connectivity index (χ1v) is 3.96. The van der Waals surface area contributed by atoms with Crippen LogP contribution in [0.1, 0.15) is 12.8 Å². The van der Waals surface area contributed by atoms with Crippen molar-refractivity contribution in [3.8, 4) is 0 Å². The molecule has 14 heavy (non-hydrogen) atoms. The van der Waals surface area contributed by atoms with Crippen molar-refractivity contribution in [1.29, 1.82) is 0 Å². The number of nitrogens with two attached hydrogens (primary N) is 1. The van der Waals surface area contributed by atoms with Crippen LogP contribution in [0.25, 0.3) is 0 Å². The first-order valence-electron chi connectivity index (χ1n) is 3.96. The van der Waals surface area contributed by atoms with Gasteiger partial charge in [-0.15, -0.1) is 0 Å². The molecule has 0 aliphatic carbocycles. The maximum Gasteiger partial charge on any atom is 0.414 e. The Morgan fingerprint density at radius 3 is 2.57 bits per heavy atom. The van der Waals surface area contributed by atoms with Gasteiger partial charge in [0.15, 0.2) is 6.10 Å². The van der Waals surface area contributed by atoms with E-state index >= 15 is 0 Å². The lowest BCUT2D eigenvalue weighted by molar-refractivity contribution is -0.237. The molecular formula is C7H10F3NO3. The zero-order valence-corrected chi connectivity index (χ0v) is 7.17. The average Bonchev–Trinajstić information content (AvgIpc) is 2.02. The summed E-state index contributed by atoms with van der Waals surface area (Å²) in [6, 6.07) is 0. The van der Waals surface area contributed by atoms with Gasteiger partial charge in [0.05, 0.1) is 0 Å². The summed E-state index contributed by atoms with van der Waals surface area (Å²) in [5.41, 5.74) is 3.49. The second-order valence-electron chi connectivity index (χ2n) is 3.32. The van der Waals surface area contributed by atoms with Gasteiger partial charge in [-0.05, 0) is 6.42 Å². The third-order valence-electron chi connectivity index (χ3n) is 2.21. The monoisotopic (exact) mass is 213 g/mol. The zero-order chi connectivity index (χ0) is 11.0. The molecule has 0 aromatic carbocycles. The number of carboxylic acids is 1. The van der Waals surface area contributed by atoms with Gasteiger partial charge in [-0.25, -0.2) is 0 Å². The predicted molar refractivity (Wildman–Crippen MR) is 39.6 cm³/mol. The molecule has 3 N–H and O–H groups in total. The van der Waals surface area contributed by atoms with Crippen LogP contribution in [0.2, 0.25) is 0 Å². The number of carboxylic acid groups (broad SMARTS) is 1. The zero-order valence-electron chi connectivity index (χ0n) is 7.17. The molecule has 0 saturated carbocycles. The summed E-state index contributed by atoms with van der Waals surface area (Å²) in [4.78, 5) is 10.6. The van der Waals surface area contributed by atoms with Crippen molar-refractivity contribution < 1.29 is 27.8 Å². The number of alkyl halides is 3. The SMILES string of the molecule is NC1(C(=O)O)CCOC(C(F)(F)F)C1. The van der Waals surface area contributed by atoms with Gasteiger partial charge >= 0.3 is 12.1 Å². The maximum atomic E-state index is 12.2. The molecule has 1 aliphatic heterocycles. The average molecular weight is 213 g/mol. The molecule has 4 nitrogen and oxygen atoms in total. The first kappa shape index (κ1) is 11.3. The fourth-order valence-electron chi connectivity index (χ4n) is 1.28. The number of ether oxygens (including phenoxy) is 1. The number of halogens is 3. The van der Waals surface area contributed by atoms with Crippen molar-refractivity contribution in [2.45, 2.75) is 30.7 Å². The number of rotatable bonds is 1. The van der Waals surface area contributed by atoms with Crippen LogP contribution in [-0.2, 0) is 9.53 Å². The minimum absolute atomic E-state index is 0.102. The van der Waals surface area contributed by atoms with E-state index < -0.39 is 30.2 Å². The smallest absolute Gasteiger partial charge is 0.414 e. The molecule has 1 heterocycles. The number of carbonyl (C=O) groups is 1. The standard InChI is InChI=1S/C7H10F3NO3/c8-7(9,10)4-3-6(11,5(12)13)1-2-14-4/h4H,1-3,11H2,(H,12,13). The molecule has 0 amide bonds. The fourth-order valence-corrected chi connectivity index (χ4v) is 1.28. The Balaban J connectivity index is 2.74. The molecule has 7 heteroatoms. The highest BCUT2D eigenvalue weighted by molar-refractivity contribution is 5.78. The summed E-state index contributed by atoms with van der Waals surface area (Å²) >= 11 is 0. The van der Waals surface area contributed by atoms with Crippen LogP contribution in [-0.4, -0.2) is 35.5 Å². The molecule has 0 radical (unpaired) electrons. The second kappa shape index (κ2) is 3.39. The molecular weight excluding hydrogens is 203 g/mol. The topological polar surface area (TPSA) is 72.6 Å². The molecule has 0 aromatic heterocycles. The van der Waals surface area contributed by atoms with Gasteiger partial charge in [-0.3, -0.25) is 4.79 Å². The van der Waals surface area contributed by atoms with Gasteiger partial charge in [0.1, 0.15) is 5.54 Å². The lowest BCUT2D eigenvalue weighted by Crippen LogP contribution is -2.56. The van der Waals surface area contributed by atoms with E-state index in [9.17, 15) is 18.0 Å². The van der Waals surface area contributed by atoms with Crippen molar-refractivity contribution in [2.75, 3.05) is 6.61 Å². The van der Waals surface area contributed by atoms with Crippen LogP contribution < -0.4 is 5.73 Å². The van der Waals surface area contributed by atoms with Crippen LogP contribution in [0, 0.1) is 0 Å². The van der Waals surface area contributed by atoms with Gasteiger partial charge in [0.25, 0.3) is 0 Å². The highest BCUT2D eigenvalue weighted by atomic mass is 19.4. The summed E-state index contributed by atoms with van der Waals surface area (Å²) in [5, 5.41) is 8.63. The van der Waals surface area contributed by atoms with E-state index in [-0.39, 0.29) is 13.0 Å². The van der Waals surface area contributed by atoms with Crippen molar-refractivity contribution in [3.63, 3.8) is 0 Å². The molecule has 1 fully saturated rings. The Kier molecular flexibility index (Phi) is 2.73. The van der Waals surface area contributed by atoms with Crippen molar-refractivity contribution >= 4 is 5.97 Å². The van der Waals surface area contributed by atoms with E-state index in [4.69, 9.17) is 10.8 Å². The Bertz CT molecular complexity index is 243. The van der Waals surface area contributed by atoms with E-state index in [0.717, 1.165) is 0 Å². The van der Waals surface area contributed by atoms with E-state index in [2.05, 4.69) is 4.74 Å². The van der Waals surface area contributed by atoms with Crippen LogP contribution >= 0.6 is 0 Å². The van der Waals surface area contributed by atoms with Gasteiger partial charge in [0.2, 0.25) is 0 Å². The van der Waals surface area contributed by atoms with E-state index in [1.807, 2.05) is 0 Å². The number of hydrogen-bond donors (Lipinski definition) is 2. The largest absolute Gasteiger partial charge is 0.480 e. The molecule has 2 atom stereocenters. The molecule has 1 aliphatic rings. The first-order chi connectivity index (χ1) is 6.26. The third kappa shape index (κ3) is 2.16. The molecule has 82 valence electrons. The molecule has 1 saturated heterocycles. The van der Waals surface area contributed by atoms with Crippen LogP contribution in [0.3, 0.4) is 0 Å². The number of aliphatic carboxylic acids is 1. The van der Waals surface area contributed by atoms with Crippen LogP contribution in [0.5, 0.6) is 0 Å². The van der Waals surface area contributed by atoms with Crippen LogP contribution in [0.4, 0.5) is 13.2 Å². The normalized spacial score (nSPS) is 34.1. The Labute approximate surface area is 77.8 Å². The van der Waals surface area contributed by atoms with Gasteiger partial charge in [0, 0.05) is 13.0 Å². The highest BCUT2D eigenvalue weighted by Gasteiger charge is 2.50. The fraction of sp³-hybridized carbons (Fsp3) is 0.857. The summed E-state index contributed by atoms with van der Waals surface area (Å²) < 4.78 is 40.9. The predicted octanol–water partition coefficient (Wildman–Crippen LogP) is 0.510. The number of hydrogen-bond acceptors (Lipinski definition) is 3. The molecule has 0 spiro atoms. The summed E-state index contributed by atoms with van der Waals surface area (Å²) in [6.45, 7) is -0.285. The summed E-state index contributed by atoms with van der Waals surface area (Å²) in [5.74, 6) is -1.42. The molecule has 0 aromatic rings. The Hall–Kier alpha value is -0.820. The van der Waals surface area contributed by atoms with Crippen LogP contribution in [0.15, 0.2) is 0 Å². The Morgan fingerprint density at radius 2 is 2.14 bits per heavy atom. The lowest BCUT2D eigenvalue weighted by atomic mass is 9.87. The van der Waals surface area contributed by atoms with E-state index in [0.29, 0.717) is 0 Å². The molecule has 0 bridgehead atoms.